The lowest BCUT2D eigenvalue weighted by atomic mass is 10.1. The number of nitrogens with two attached hydrogens (primary N) is 1. The van der Waals surface area contributed by atoms with Crippen LogP contribution in [0.5, 0.6) is 0 Å². The Bertz CT molecular complexity index is 360. The van der Waals surface area contributed by atoms with Crippen LogP contribution in [0.4, 0.5) is 11.6 Å². The fourth-order valence-electron chi connectivity index (χ4n) is 1.59. The lowest BCUT2D eigenvalue weighted by Gasteiger charge is -2.17. The molecule has 1 aromatic heterocycles. The number of aliphatic hydroxyl groups excluding tert-OH is 1. The molecule has 6 nitrogen and oxygen atoms in total. The normalized spacial score (nSPS) is 12.4. The van der Waals surface area contributed by atoms with Crippen LogP contribution in [0.3, 0.4) is 0 Å². The Hall–Kier alpha value is -1.40. The summed E-state index contributed by atoms with van der Waals surface area (Å²) in [5.74, 6) is 1.66. The van der Waals surface area contributed by atoms with E-state index in [2.05, 4.69) is 22.2 Å². The van der Waals surface area contributed by atoms with Crippen molar-refractivity contribution in [3.63, 3.8) is 0 Å². The van der Waals surface area contributed by atoms with Gasteiger partial charge in [-0.05, 0) is 19.8 Å². The average Bonchev–Trinajstić information content (AvgIpc) is 2.35. The molecule has 1 heterocycles. The van der Waals surface area contributed by atoms with Gasteiger partial charge in [0.2, 0.25) is 0 Å². The molecule has 0 radical (unpaired) electrons. The van der Waals surface area contributed by atoms with Gasteiger partial charge in [0.15, 0.2) is 5.82 Å². The van der Waals surface area contributed by atoms with E-state index in [-0.39, 0.29) is 12.6 Å². The van der Waals surface area contributed by atoms with Crippen LogP contribution in [-0.2, 0) is 11.3 Å². The number of hydrogen-bond acceptors (Lipinski definition) is 6. The summed E-state index contributed by atoms with van der Waals surface area (Å²) in [5, 5.41) is 12.2. The molecule has 18 heavy (non-hydrogen) atoms. The van der Waals surface area contributed by atoms with Crippen LogP contribution >= 0.6 is 0 Å². The molecular formula is C12H22N4O2. The van der Waals surface area contributed by atoms with Gasteiger partial charge < -0.3 is 20.9 Å². The van der Waals surface area contributed by atoms with E-state index in [9.17, 15) is 0 Å². The quantitative estimate of drug-likeness (QED) is 0.644. The van der Waals surface area contributed by atoms with Gasteiger partial charge in [-0.1, -0.05) is 6.92 Å². The summed E-state index contributed by atoms with van der Waals surface area (Å²) in [6, 6.07) is 1.87. The van der Waals surface area contributed by atoms with E-state index >= 15 is 0 Å². The maximum Gasteiger partial charge on any atom is 0.158 e. The van der Waals surface area contributed by atoms with Gasteiger partial charge >= 0.3 is 0 Å². The predicted octanol–water partition coefficient (Wildman–Crippen LogP) is 1.17. The Kier molecular flexibility index (Phi) is 6.38. The minimum atomic E-state index is 0.151. The zero-order valence-electron chi connectivity index (χ0n) is 11.0. The van der Waals surface area contributed by atoms with E-state index in [0.717, 1.165) is 6.42 Å². The number of nitrogen functional groups attached to an aromatic ring is 1. The van der Waals surface area contributed by atoms with E-state index in [0.29, 0.717) is 37.1 Å². The van der Waals surface area contributed by atoms with Crippen LogP contribution in [0.25, 0.3) is 0 Å². The van der Waals surface area contributed by atoms with Crippen LogP contribution in [0.1, 0.15) is 32.5 Å². The first-order valence-corrected chi connectivity index (χ1v) is 6.28. The van der Waals surface area contributed by atoms with Crippen LogP contribution < -0.4 is 11.1 Å². The number of aliphatic hydroxyl groups is 1. The van der Waals surface area contributed by atoms with Crippen molar-refractivity contribution in [1.29, 1.82) is 0 Å². The molecule has 102 valence electrons. The molecule has 1 unspecified atom stereocenters. The molecule has 0 aromatic carbocycles. The summed E-state index contributed by atoms with van der Waals surface area (Å²) >= 11 is 0. The zero-order chi connectivity index (χ0) is 13.4. The SMILES string of the molecule is CCOCc1nc(N)cc(NC(CC)CCO)n1. The van der Waals surface area contributed by atoms with E-state index in [1.54, 1.807) is 6.07 Å². The Morgan fingerprint density at radius 1 is 1.44 bits per heavy atom. The molecule has 0 aliphatic carbocycles. The third kappa shape index (κ3) is 4.85. The number of nitrogens with zero attached hydrogens (tertiary/aromatic N) is 2. The molecule has 0 saturated carbocycles. The molecule has 0 saturated heterocycles. The fraction of sp³-hybridized carbons (Fsp3) is 0.667. The first kappa shape index (κ1) is 14.7. The molecule has 6 heteroatoms. The monoisotopic (exact) mass is 254 g/mol. The second-order valence-corrected chi connectivity index (χ2v) is 3.99. The van der Waals surface area contributed by atoms with Crippen molar-refractivity contribution in [2.24, 2.45) is 0 Å². The second kappa shape index (κ2) is 7.84. The van der Waals surface area contributed by atoms with Crippen LogP contribution in [0, 0.1) is 0 Å². The predicted molar refractivity (Wildman–Crippen MR) is 71.2 cm³/mol. The summed E-state index contributed by atoms with van der Waals surface area (Å²) in [7, 11) is 0. The fourth-order valence-corrected chi connectivity index (χ4v) is 1.59. The van der Waals surface area contributed by atoms with Crippen molar-refractivity contribution in [1.82, 2.24) is 9.97 Å². The molecule has 0 aliphatic heterocycles. The number of aromatic nitrogens is 2. The molecule has 0 spiro atoms. The van der Waals surface area contributed by atoms with E-state index in [1.807, 2.05) is 6.92 Å². The Labute approximate surface area is 108 Å². The van der Waals surface area contributed by atoms with Crippen LogP contribution in [0.2, 0.25) is 0 Å². The minimum Gasteiger partial charge on any atom is -0.396 e. The van der Waals surface area contributed by atoms with Crippen molar-refractivity contribution in [2.75, 3.05) is 24.3 Å². The lowest BCUT2D eigenvalue weighted by molar-refractivity contribution is 0.128. The van der Waals surface area contributed by atoms with Crippen molar-refractivity contribution < 1.29 is 9.84 Å². The molecule has 0 aliphatic rings. The van der Waals surface area contributed by atoms with Crippen molar-refractivity contribution in [2.45, 2.75) is 39.3 Å². The molecule has 1 atom stereocenters. The van der Waals surface area contributed by atoms with Crippen molar-refractivity contribution in [3.8, 4) is 0 Å². The average molecular weight is 254 g/mol. The molecular weight excluding hydrogens is 232 g/mol. The highest BCUT2D eigenvalue weighted by Gasteiger charge is 2.08. The highest BCUT2D eigenvalue weighted by atomic mass is 16.5. The molecule has 0 fully saturated rings. The molecule has 1 rings (SSSR count). The highest BCUT2D eigenvalue weighted by Crippen LogP contribution is 2.12. The third-order valence-corrected chi connectivity index (χ3v) is 2.55. The summed E-state index contributed by atoms with van der Waals surface area (Å²) < 4.78 is 5.26. The summed E-state index contributed by atoms with van der Waals surface area (Å²) in [6.07, 6.45) is 1.59. The Balaban J connectivity index is 2.71. The summed E-state index contributed by atoms with van der Waals surface area (Å²) in [6.45, 7) is 5.09. The highest BCUT2D eigenvalue weighted by molar-refractivity contribution is 5.45. The number of anilines is 2. The van der Waals surface area contributed by atoms with E-state index in [1.165, 1.54) is 0 Å². The smallest absolute Gasteiger partial charge is 0.158 e. The van der Waals surface area contributed by atoms with Gasteiger partial charge in [-0.15, -0.1) is 0 Å². The largest absolute Gasteiger partial charge is 0.396 e. The molecule has 0 bridgehead atoms. The Morgan fingerprint density at radius 2 is 2.22 bits per heavy atom. The third-order valence-electron chi connectivity index (χ3n) is 2.55. The van der Waals surface area contributed by atoms with Crippen molar-refractivity contribution in [3.05, 3.63) is 11.9 Å². The van der Waals surface area contributed by atoms with Crippen LogP contribution in [0.15, 0.2) is 6.07 Å². The number of nitrogens with one attached hydrogen (secondary N) is 1. The standard InChI is InChI=1S/C12H22N4O2/c1-3-9(5-6-17)14-11-7-10(13)15-12(16-11)8-18-4-2/h7,9,17H,3-6,8H2,1-2H3,(H3,13,14,15,16). The topological polar surface area (TPSA) is 93.3 Å². The maximum atomic E-state index is 8.95. The van der Waals surface area contributed by atoms with E-state index < -0.39 is 0 Å². The first-order chi connectivity index (χ1) is 8.69. The molecule has 1 aromatic rings. The van der Waals surface area contributed by atoms with Gasteiger partial charge in [0.1, 0.15) is 18.2 Å². The number of rotatable bonds is 8. The lowest BCUT2D eigenvalue weighted by Crippen LogP contribution is -2.21. The minimum absolute atomic E-state index is 0.151. The number of hydrogen-bond donors (Lipinski definition) is 3. The van der Waals surface area contributed by atoms with Gasteiger partial charge in [-0.2, -0.15) is 0 Å². The van der Waals surface area contributed by atoms with Gasteiger partial charge in [-0.3, -0.25) is 0 Å². The van der Waals surface area contributed by atoms with Gasteiger partial charge in [0.05, 0.1) is 0 Å². The summed E-state index contributed by atoms with van der Waals surface area (Å²) in [4.78, 5) is 8.43. The first-order valence-electron chi connectivity index (χ1n) is 6.28. The number of ether oxygens (including phenoxy) is 1. The molecule has 0 amide bonds. The second-order valence-electron chi connectivity index (χ2n) is 3.99. The van der Waals surface area contributed by atoms with Crippen LogP contribution in [-0.4, -0.2) is 34.3 Å². The van der Waals surface area contributed by atoms with Crippen molar-refractivity contribution >= 4 is 11.6 Å². The van der Waals surface area contributed by atoms with E-state index in [4.69, 9.17) is 15.6 Å². The van der Waals surface area contributed by atoms with Gasteiger partial charge in [0.25, 0.3) is 0 Å². The zero-order valence-corrected chi connectivity index (χ0v) is 11.0. The maximum absolute atomic E-state index is 8.95. The summed E-state index contributed by atoms with van der Waals surface area (Å²) in [5.41, 5.74) is 5.73. The Morgan fingerprint density at radius 3 is 2.83 bits per heavy atom. The molecule has 4 N–H and O–H groups in total. The van der Waals surface area contributed by atoms with Gasteiger partial charge in [0, 0.05) is 25.3 Å². The van der Waals surface area contributed by atoms with Gasteiger partial charge in [-0.25, -0.2) is 9.97 Å².